The molecule has 2 aliphatic rings. The molecular weight excluding hydrogens is 278 g/mol. The van der Waals surface area contributed by atoms with Crippen LogP contribution in [0.25, 0.3) is 0 Å². The van der Waals surface area contributed by atoms with Gasteiger partial charge in [-0.05, 0) is 24.8 Å². The first-order valence-corrected chi connectivity index (χ1v) is 7.76. The van der Waals surface area contributed by atoms with Crippen LogP contribution in [0.5, 0.6) is 0 Å². The first-order valence-electron chi connectivity index (χ1n) is 7.76. The van der Waals surface area contributed by atoms with E-state index >= 15 is 0 Å². The zero-order valence-electron chi connectivity index (χ0n) is 13.5. The molecule has 6 nitrogen and oxygen atoms in total. The Balaban J connectivity index is 0.00000116. The summed E-state index contributed by atoms with van der Waals surface area (Å²) in [5, 5.41) is 8.42. The molecule has 1 heterocycles. The monoisotopic (exact) mass is 303 g/mol. The number of amides is 1. The van der Waals surface area contributed by atoms with Crippen LogP contribution in [0.4, 0.5) is 0 Å². The summed E-state index contributed by atoms with van der Waals surface area (Å²) < 4.78 is 0. The molecule has 1 aliphatic heterocycles. The highest BCUT2D eigenvalue weighted by Gasteiger charge is 2.31. The van der Waals surface area contributed by atoms with Gasteiger partial charge in [0.15, 0.2) is 12.0 Å². The maximum Gasteiger partial charge on any atom is 0.351 e. The topological polar surface area (TPSA) is 85.7 Å². The van der Waals surface area contributed by atoms with Gasteiger partial charge in [-0.1, -0.05) is 26.5 Å². The lowest BCUT2D eigenvalue weighted by atomic mass is 10.2. The molecule has 1 amide bonds. The number of carbonyl (C=O) groups is 1. The Morgan fingerprint density at radius 2 is 1.82 bits per heavy atom. The average molecular weight is 303 g/mol. The Morgan fingerprint density at radius 3 is 2.27 bits per heavy atom. The van der Waals surface area contributed by atoms with Gasteiger partial charge in [0.05, 0.1) is 0 Å². The Hall–Kier alpha value is -2.29. The average Bonchev–Trinajstić information content (AvgIpc) is 3.39. The highest BCUT2D eigenvalue weighted by atomic mass is 16.1. The fourth-order valence-electron chi connectivity index (χ4n) is 2.39. The van der Waals surface area contributed by atoms with Crippen LogP contribution in [0.2, 0.25) is 0 Å². The summed E-state index contributed by atoms with van der Waals surface area (Å²) in [4.78, 5) is 18.7. The van der Waals surface area contributed by atoms with E-state index in [9.17, 15) is 4.79 Å². The molecule has 0 aromatic heterocycles. The number of nitriles is 1. The van der Waals surface area contributed by atoms with Crippen LogP contribution in [-0.2, 0) is 4.79 Å². The first kappa shape index (κ1) is 17.8. The molecule has 22 heavy (non-hydrogen) atoms. The number of carbonyl (C=O) groups excluding carboxylic acids is 1. The van der Waals surface area contributed by atoms with Gasteiger partial charge in [0.25, 0.3) is 0 Å². The van der Waals surface area contributed by atoms with Gasteiger partial charge in [0.2, 0.25) is 0 Å². The molecule has 1 aliphatic carbocycles. The number of rotatable bonds is 3. The third-order valence-corrected chi connectivity index (χ3v) is 3.56. The van der Waals surface area contributed by atoms with Gasteiger partial charge in [0.1, 0.15) is 0 Å². The largest absolute Gasteiger partial charge is 0.371 e. The van der Waals surface area contributed by atoms with Crippen LogP contribution < -0.4 is 5.73 Å². The zero-order valence-corrected chi connectivity index (χ0v) is 13.5. The van der Waals surface area contributed by atoms with Crippen LogP contribution in [0.3, 0.4) is 0 Å². The maximum absolute atomic E-state index is 10.9. The third-order valence-electron chi connectivity index (χ3n) is 3.56. The number of hydrogen-bond acceptors (Lipinski definition) is 3. The zero-order chi connectivity index (χ0) is 16.5. The standard InChI is InChI=1S/C14H19N5O.C2H6/c1-2-3-12(11-4-5-11)18-6-8-19(9-7-18)14(16)17-13(20)10-15;1-2/h2-3,11H,1,4-9H2,(H2,16,17,20);1-2H3/b12-3+;. The van der Waals surface area contributed by atoms with E-state index < -0.39 is 5.91 Å². The maximum atomic E-state index is 10.9. The summed E-state index contributed by atoms with van der Waals surface area (Å²) in [6.07, 6.45) is 6.42. The van der Waals surface area contributed by atoms with E-state index in [1.807, 2.05) is 24.8 Å². The number of guanidine groups is 1. The first-order chi connectivity index (χ1) is 10.7. The molecule has 0 spiro atoms. The second-order valence-electron chi connectivity index (χ2n) is 4.96. The normalized spacial score (nSPS) is 19.0. The molecule has 2 N–H and O–H groups in total. The van der Waals surface area contributed by atoms with Crippen LogP contribution in [0.15, 0.2) is 29.4 Å². The number of piperazine rings is 1. The van der Waals surface area contributed by atoms with Gasteiger partial charge in [-0.3, -0.25) is 4.79 Å². The Bertz CT molecular complexity index is 491. The summed E-state index contributed by atoms with van der Waals surface area (Å²) in [6, 6.07) is 1.44. The SMILES string of the molecule is C=C/C=C(\C1CC1)N1CCN(C(N)=NC(=O)C#N)CC1.CC. The molecule has 0 aromatic carbocycles. The van der Waals surface area contributed by atoms with Crippen molar-refractivity contribution in [1.82, 2.24) is 9.80 Å². The minimum absolute atomic E-state index is 0.136. The van der Waals surface area contributed by atoms with Crippen molar-refractivity contribution in [1.29, 1.82) is 5.26 Å². The minimum atomic E-state index is -0.852. The lowest BCUT2D eigenvalue weighted by molar-refractivity contribution is -0.112. The van der Waals surface area contributed by atoms with Crippen LogP contribution in [0.1, 0.15) is 26.7 Å². The summed E-state index contributed by atoms with van der Waals surface area (Å²) in [5.74, 6) is -0.0437. The summed E-state index contributed by atoms with van der Waals surface area (Å²) in [7, 11) is 0. The molecule has 0 bridgehead atoms. The van der Waals surface area contributed by atoms with E-state index in [1.54, 1.807) is 0 Å². The van der Waals surface area contributed by atoms with E-state index in [0.29, 0.717) is 19.0 Å². The van der Waals surface area contributed by atoms with E-state index in [1.165, 1.54) is 24.6 Å². The van der Waals surface area contributed by atoms with Gasteiger partial charge in [0, 0.05) is 31.9 Å². The number of allylic oxidation sites excluding steroid dienone is 3. The summed E-state index contributed by atoms with van der Waals surface area (Å²) in [6.45, 7) is 10.9. The number of aliphatic imine (C=N–C) groups is 1. The Kier molecular flexibility index (Phi) is 7.17. The molecule has 2 rings (SSSR count). The predicted octanol–water partition coefficient (Wildman–Crippen LogP) is 1.47. The minimum Gasteiger partial charge on any atom is -0.371 e. The molecule has 0 unspecified atom stereocenters. The van der Waals surface area contributed by atoms with Gasteiger partial charge in [-0.15, -0.1) is 0 Å². The van der Waals surface area contributed by atoms with Crippen molar-refractivity contribution in [3.63, 3.8) is 0 Å². The molecule has 120 valence electrons. The molecule has 0 atom stereocenters. The van der Waals surface area contributed by atoms with Crippen molar-refractivity contribution in [2.24, 2.45) is 16.6 Å². The molecule has 1 saturated heterocycles. The van der Waals surface area contributed by atoms with Crippen LogP contribution in [-0.4, -0.2) is 47.8 Å². The van der Waals surface area contributed by atoms with Crippen molar-refractivity contribution < 1.29 is 4.79 Å². The lowest BCUT2D eigenvalue weighted by Gasteiger charge is -2.37. The lowest BCUT2D eigenvalue weighted by Crippen LogP contribution is -2.51. The highest BCUT2D eigenvalue weighted by Crippen LogP contribution is 2.38. The fraction of sp³-hybridized carbons (Fsp3) is 0.562. The van der Waals surface area contributed by atoms with Gasteiger partial charge in [-0.2, -0.15) is 10.3 Å². The number of hydrogen-bond donors (Lipinski definition) is 1. The van der Waals surface area contributed by atoms with E-state index in [4.69, 9.17) is 11.0 Å². The van der Waals surface area contributed by atoms with Crippen molar-refractivity contribution in [2.45, 2.75) is 26.7 Å². The van der Waals surface area contributed by atoms with E-state index in [2.05, 4.69) is 22.5 Å². The van der Waals surface area contributed by atoms with Crippen LogP contribution in [0, 0.1) is 17.2 Å². The van der Waals surface area contributed by atoms with E-state index in [0.717, 1.165) is 13.1 Å². The van der Waals surface area contributed by atoms with Crippen molar-refractivity contribution in [3.05, 3.63) is 24.4 Å². The Morgan fingerprint density at radius 1 is 1.27 bits per heavy atom. The molecule has 0 radical (unpaired) electrons. The van der Waals surface area contributed by atoms with Crippen molar-refractivity contribution in [3.8, 4) is 6.07 Å². The van der Waals surface area contributed by atoms with E-state index in [-0.39, 0.29) is 5.96 Å². The summed E-state index contributed by atoms with van der Waals surface area (Å²) >= 11 is 0. The highest BCUT2D eigenvalue weighted by molar-refractivity contribution is 6.00. The third kappa shape index (κ3) is 4.92. The number of nitrogens with zero attached hydrogens (tertiary/aromatic N) is 4. The fourth-order valence-corrected chi connectivity index (χ4v) is 2.39. The predicted molar refractivity (Wildman–Crippen MR) is 87.7 cm³/mol. The molecule has 1 saturated carbocycles. The molecule has 6 heteroatoms. The van der Waals surface area contributed by atoms with Crippen LogP contribution >= 0.6 is 0 Å². The van der Waals surface area contributed by atoms with Gasteiger partial charge in [-0.25, -0.2) is 0 Å². The van der Waals surface area contributed by atoms with Gasteiger partial charge < -0.3 is 15.5 Å². The second-order valence-corrected chi connectivity index (χ2v) is 4.96. The summed E-state index contributed by atoms with van der Waals surface area (Å²) in [5.41, 5.74) is 7.08. The quantitative estimate of drug-likeness (QED) is 0.369. The second kappa shape index (κ2) is 8.88. The van der Waals surface area contributed by atoms with Crippen molar-refractivity contribution in [2.75, 3.05) is 26.2 Å². The smallest absolute Gasteiger partial charge is 0.351 e. The van der Waals surface area contributed by atoms with Crippen molar-refractivity contribution >= 4 is 11.9 Å². The number of nitrogens with two attached hydrogens (primary N) is 1. The Labute approximate surface area is 132 Å². The van der Waals surface area contributed by atoms with Gasteiger partial charge >= 0.3 is 5.91 Å². The molecule has 0 aromatic rings. The molecule has 2 fully saturated rings. The molecular formula is C16H25N5O.